The van der Waals surface area contributed by atoms with Gasteiger partial charge in [0, 0.05) is 19.5 Å². The van der Waals surface area contributed by atoms with Crippen LogP contribution in [-0.4, -0.2) is 24.3 Å². The van der Waals surface area contributed by atoms with Crippen molar-refractivity contribution in [1.82, 2.24) is 4.90 Å². The summed E-state index contributed by atoms with van der Waals surface area (Å²) in [4.78, 5) is 13.1. The van der Waals surface area contributed by atoms with Gasteiger partial charge in [-0.3, -0.25) is 4.90 Å². The van der Waals surface area contributed by atoms with Crippen LogP contribution >= 0.6 is 0 Å². The van der Waals surface area contributed by atoms with Crippen LogP contribution in [0.3, 0.4) is 0 Å². The van der Waals surface area contributed by atoms with E-state index in [0.717, 1.165) is 25.8 Å². The lowest BCUT2D eigenvalue weighted by Crippen LogP contribution is -2.28. The topological polar surface area (TPSA) is 20.3 Å². The van der Waals surface area contributed by atoms with Crippen LogP contribution in [0.25, 0.3) is 0 Å². The van der Waals surface area contributed by atoms with Crippen molar-refractivity contribution in [3.63, 3.8) is 0 Å². The number of rotatable bonds is 4. The highest BCUT2D eigenvalue weighted by atomic mass is 16.1. The van der Waals surface area contributed by atoms with Crippen molar-refractivity contribution >= 4 is 6.29 Å². The maximum absolute atomic E-state index is 10.6. The number of benzene rings is 1. The van der Waals surface area contributed by atoms with Crippen LogP contribution in [0.5, 0.6) is 0 Å². The summed E-state index contributed by atoms with van der Waals surface area (Å²) in [6.45, 7) is 3.27. The quantitative estimate of drug-likeness (QED) is 0.743. The molecule has 0 radical (unpaired) electrons. The van der Waals surface area contributed by atoms with Gasteiger partial charge in [0.15, 0.2) is 0 Å². The maximum atomic E-state index is 10.6. The number of carbonyl (C=O) groups is 1. The molecule has 1 aromatic rings. The summed E-state index contributed by atoms with van der Waals surface area (Å²) in [5.41, 5.74) is 1.37. The van der Waals surface area contributed by atoms with Crippen molar-refractivity contribution in [2.75, 3.05) is 13.1 Å². The smallest absolute Gasteiger partial charge is 0.120 e. The van der Waals surface area contributed by atoms with Crippen molar-refractivity contribution in [2.45, 2.75) is 32.2 Å². The molecule has 92 valence electrons. The summed E-state index contributed by atoms with van der Waals surface area (Å²) in [5.74, 6) is 0.568. The fraction of sp³-hybridized carbons (Fsp3) is 0.533. The Balaban J connectivity index is 1.92. The number of hydrogen-bond acceptors (Lipinski definition) is 2. The Morgan fingerprint density at radius 1 is 1.24 bits per heavy atom. The minimum atomic E-state index is 0.568. The Hall–Kier alpha value is -1.15. The number of nitrogens with zero attached hydrogens (tertiary/aromatic N) is 1. The third-order valence-electron chi connectivity index (χ3n) is 3.53. The van der Waals surface area contributed by atoms with Crippen LogP contribution in [0.4, 0.5) is 0 Å². The molecular weight excluding hydrogens is 210 g/mol. The van der Waals surface area contributed by atoms with Crippen molar-refractivity contribution < 1.29 is 4.79 Å². The van der Waals surface area contributed by atoms with Crippen LogP contribution in [-0.2, 0) is 11.3 Å². The molecule has 1 fully saturated rings. The van der Waals surface area contributed by atoms with Gasteiger partial charge in [-0.1, -0.05) is 36.8 Å². The predicted octanol–water partition coefficient (Wildman–Crippen LogP) is 2.88. The molecule has 0 saturated carbocycles. The molecule has 1 unspecified atom stereocenters. The number of hydrogen-bond donors (Lipinski definition) is 0. The molecule has 0 spiro atoms. The summed E-state index contributed by atoms with van der Waals surface area (Å²) in [7, 11) is 0. The van der Waals surface area contributed by atoms with Crippen LogP contribution in [0.1, 0.15) is 31.2 Å². The fourth-order valence-corrected chi connectivity index (χ4v) is 2.63. The van der Waals surface area contributed by atoms with E-state index in [1.165, 1.54) is 31.4 Å². The van der Waals surface area contributed by atoms with Crippen molar-refractivity contribution in [3.8, 4) is 0 Å². The monoisotopic (exact) mass is 231 g/mol. The summed E-state index contributed by atoms with van der Waals surface area (Å²) in [5, 5.41) is 0. The van der Waals surface area contributed by atoms with E-state index >= 15 is 0 Å². The predicted molar refractivity (Wildman–Crippen MR) is 69.7 cm³/mol. The van der Waals surface area contributed by atoms with E-state index in [0.29, 0.717) is 5.92 Å². The number of aldehydes is 1. The van der Waals surface area contributed by atoms with Gasteiger partial charge >= 0.3 is 0 Å². The summed E-state index contributed by atoms with van der Waals surface area (Å²) in [6.07, 6.45) is 5.55. The third-order valence-corrected chi connectivity index (χ3v) is 3.53. The van der Waals surface area contributed by atoms with Gasteiger partial charge in [-0.2, -0.15) is 0 Å². The SMILES string of the molecule is O=CCC1CCCCN(Cc2ccccc2)C1. The molecule has 0 amide bonds. The van der Waals surface area contributed by atoms with E-state index in [9.17, 15) is 4.79 Å². The van der Waals surface area contributed by atoms with E-state index in [1.807, 2.05) is 0 Å². The second-order valence-electron chi connectivity index (χ2n) is 4.98. The summed E-state index contributed by atoms with van der Waals surface area (Å²) >= 11 is 0. The Labute approximate surface area is 104 Å². The van der Waals surface area contributed by atoms with Crippen LogP contribution in [0.2, 0.25) is 0 Å². The fourth-order valence-electron chi connectivity index (χ4n) is 2.63. The lowest BCUT2D eigenvalue weighted by molar-refractivity contribution is -0.108. The molecule has 1 heterocycles. The van der Waals surface area contributed by atoms with Gasteiger partial charge in [-0.15, -0.1) is 0 Å². The molecule has 1 aromatic carbocycles. The first-order chi connectivity index (χ1) is 8.38. The van der Waals surface area contributed by atoms with Crippen LogP contribution in [0, 0.1) is 5.92 Å². The molecular formula is C15H21NO. The molecule has 2 heteroatoms. The highest BCUT2D eigenvalue weighted by Crippen LogP contribution is 2.20. The molecule has 1 atom stereocenters. The Kier molecular flexibility index (Phi) is 4.75. The zero-order valence-corrected chi connectivity index (χ0v) is 10.3. The van der Waals surface area contributed by atoms with Gasteiger partial charge in [0.1, 0.15) is 6.29 Å². The minimum Gasteiger partial charge on any atom is -0.303 e. The average molecular weight is 231 g/mol. The van der Waals surface area contributed by atoms with Crippen LogP contribution < -0.4 is 0 Å². The van der Waals surface area contributed by atoms with Gasteiger partial charge < -0.3 is 4.79 Å². The molecule has 2 nitrogen and oxygen atoms in total. The molecule has 0 N–H and O–H groups in total. The van der Waals surface area contributed by atoms with E-state index in [1.54, 1.807) is 0 Å². The lowest BCUT2D eigenvalue weighted by Gasteiger charge is -2.23. The first-order valence-electron chi connectivity index (χ1n) is 6.58. The van der Waals surface area contributed by atoms with Crippen molar-refractivity contribution in [1.29, 1.82) is 0 Å². The van der Waals surface area contributed by atoms with Crippen LogP contribution in [0.15, 0.2) is 30.3 Å². The number of likely N-dealkylation sites (tertiary alicyclic amines) is 1. The summed E-state index contributed by atoms with van der Waals surface area (Å²) < 4.78 is 0. The van der Waals surface area contributed by atoms with Gasteiger partial charge in [-0.05, 0) is 30.9 Å². The van der Waals surface area contributed by atoms with E-state index < -0.39 is 0 Å². The Bertz CT molecular complexity index is 336. The molecule has 0 bridgehead atoms. The first kappa shape index (κ1) is 12.3. The van der Waals surface area contributed by atoms with Crippen molar-refractivity contribution in [2.24, 2.45) is 5.92 Å². The molecule has 1 aliphatic rings. The third kappa shape index (κ3) is 3.97. The second-order valence-corrected chi connectivity index (χ2v) is 4.98. The van der Waals surface area contributed by atoms with E-state index in [4.69, 9.17) is 0 Å². The molecule has 0 aromatic heterocycles. The first-order valence-corrected chi connectivity index (χ1v) is 6.58. The molecule has 2 rings (SSSR count). The molecule has 17 heavy (non-hydrogen) atoms. The molecule has 0 aliphatic carbocycles. The zero-order valence-electron chi connectivity index (χ0n) is 10.3. The van der Waals surface area contributed by atoms with Crippen molar-refractivity contribution in [3.05, 3.63) is 35.9 Å². The zero-order chi connectivity index (χ0) is 11.9. The average Bonchev–Trinajstić information content (AvgIpc) is 2.56. The Morgan fingerprint density at radius 2 is 2.06 bits per heavy atom. The Morgan fingerprint density at radius 3 is 2.82 bits per heavy atom. The lowest BCUT2D eigenvalue weighted by atomic mass is 10.0. The molecule has 1 saturated heterocycles. The van der Waals surface area contributed by atoms with E-state index in [2.05, 4.69) is 35.2 Å². The molecule has 1 aliphatic heterocycles. The number of carbonyl (C=O) groups excluding carboxylic acids is 1. The van der Waals surface area contributed by atoms with Gasteiger partial charge in [-0.25, -0.2) is 0 Å². The largest absolute Gasteiger partial charge is 0.303 e. The maximum Gasteiger partial charge on any atom is 0.120 e. The summed E-state index contributed by atoms with van der Waals surface area (Å²) in [6, 6.07) is 10.6. The second kappa shape index (κ2) is 6.55. The minimum absolute atomic E-state index is 0.568. The highest BCUT2D eigenvalue weighted by molar-refractivity contribution is 5.49. The highest BCUT2D eigenvalue weighted by Gasteiger charge is 2.17. The normalized spacial score (nSPS) is 22.0. The van der Waals surface area contributed by atoms with Gasteiger partial charge in [0.2, 0.25) is 0 Å². The van der Waals surface area contributed by atoms with Gasteiger partial charge in [0.05, 0.1) is 0 Å². The van der Waals surface area contributed by atoms with E-state index in [-0.39, 0.29) is 0 Å². The van der Waals surface area contributed by atoms with Gasteiger partial charge in [0.25, 0.3) is 0 Å². The standard InChI is InChI=1S/C15H21NO/c17-11-9-15-8-4-5-10-16(13-15)12-14-6-2-1-3-7-14/h1-3,6-7,11,15H,4-5,8-10,12-13H2.